The summed E-state index contributed by atoms with van der Waals surface area (Å²) in [4.78, 5) is 12.3. The lowest BCUT2D eigenvalue weighted by atomic mass is 10.1. The van der Waals surface area contributed by atoms with Crippen LogP contribution in [0.3, 0.4) is 0 Å². The zero-order valence-electron chi connectivity index (χ0n) is 14.4. The maximum absolute atomic E-state index is 12.9. The van der Waals surface area contributed by atoms with E-state index < -0.39 is 11.7 Å². The molecule has 27 heavy (non-hydrogen) atoms. The third kappa shape index (κ3) is 4.54. The molecule has 10 heteroatoms. The first-order valence-electron chi connectivity index (χ1n) is 7.95. The molecule has 1 aromatic heterocycles. The fraction of sp³-hybridized carbons (Fsp3) is 0.353. The van der Waals surface area contributed by atoms with Crippen molar-refractivity contribution in [3.8, 4) is 11.8 Å². The largest absolute Gasteiger partial charge is 0.416 e. The van der Waals surface area contributed by atoms with E-state index in [1.165, 1.54) is 6.20 Å². The molecule has 1 aromatic carbocycles. The number of carbonyl (C=O) groups is 1. The molecule has 0 bridgehead atoms. The predicted molar refractivity (Wildman–Crippen MR) is 96.0 cm³/mol. The van der Waals surface area contributed by atoms with E-state index >= 15 is 0 Å². The minimum absolute atomic E-state index is 0.00554. The Labute approximate surface area is 163 Å². The number of rotatable bonds is 5. The van der Waals surface area contributed by atoms with Crippen molar-refractivity contribution in [1.82, 2.24) is 9.78 Å². The first-order valence-corrected chi connectivity index (χ1v) is 8.71. The molecule has 1 unspecified atom stereocenters. The molecule has 0 aliphatic heterocycles. The number of anilines is 1. The van der Waals surface area contributed by atoms with Crippen molar-refractivity contribution in [1.29, 1.82) is 5.26 Å². The van der Waals surface area contributed by atoms with Crippen LogP contribution in [0.1, 0.15) is 37.8 Å². The van der Waals surface area contributed by atoms with Crippen molar-refractivity contribution in [3.63, 3.8) is 0 Å². The van der Waals surface area contributed by atoms with Gasteiger partial charge >= 0.3 is 6.18 Å². The molecule has 0 radical (unpaired) electrons. The highest BCUT2D eigenvalue weighted by atomic mass is 35.5. The van der Waals surface area contributed by atoms with Gasteiger partial charge in [-0.25, -0.2) is 4.68 Å². The number of hydrogen-bond acceptors (Lipinski definition) is 3. The third-order valence-electron chi connectivity index (χ3n) is 3.86. The van der Waals surface area contributed by atoms with Gasteiger partial charge in [0.25, 0.3) is 0 Å². The number of halogens is 5. The number of nitrogens with one attached hydrogen (secondary N) is 1. The van der Waals surface area contributed by atoms with Gasteiger partial charge in [0.2, 0.25) is 5.91 Å². The van der Waals surface area contributed by atoms with Gasteiger partial charge in [-0.1, -0.05) is 43.5 Å². The molecule has 0 fully saturated rings. The number of carbonyl (C=O) groups excluding carboxylic acids is 1. The van der Waals surface area contributed by atoms with E-state index in [-0.39, 0.29) is 38.9 Å². The molecule has 5 nitrogen and oxygen atoms in total. The number of hydrogen-bond donors (Lipinski definition) is 1. The van der Waals surface area contributed by atoms with Gasteiger partial charge in [-0.05, 0) is 18.6 Å². The summed E-state index contributed by atoms with van der Waals surface area (Å²) >= 11 is 12.0. The molecule has 0 aliphatic carbocycles. The van der Waals surface area contributed by atoms with Crippen LogP contribution in [0.5, 0.6) is 0 Å². The number of amides is 1. The molecular formula is C17H15Cl2F3N4O. The van der Waals surface area contributed by atoms with Crippen LogP contribution in [0.15, 0.2) is 18.3 Å². The fourth-order valence-corrected chi connectivity index (χ4v) is 3.10. The molecule has 2 rings (SSSR count). The van der Waals surface area contributed by atoms with Crippen LogP contribution in [0.4, 0.5) is 19.0 Å². The highest BCUT2D eigenvalue weighted by Gasteiger charge is 2.32. The molecule has 1 amide bonds. The Morgan fingerprint density at radius 3 is 2.44 bits per heavy atom. The standard InChI is InChI=1S/C17H15Cl2F3N4O/c1-3-4-9(2)16(27)25-15-10(7-23)8-24-26(15)14-12(18)5-11(6-13(14)19)17(20,21)22/h5-6,8-9H,3-4H2,1-2H3,(H,25,27). The second-order valence-electron chi connectivity index (χ2n) is 5.90. The Morgan fingerprint density at radius 1 is 1.37 bits per heavy atom. The highest BCUT2D eigenvalue weighted by molar-refractivity contribution is 6.38. The van der Waals surface area contributed by atoms with Gasteiger partial charge in [-0.2, -0.15) is 23.5 Å². The summed E-state index contributed by atoms with van der Waals surface area (Å²) in [6.07, 6.45) is -2.04. The van der Waals surface area contributed by atoms with Gasteiger partial charge in [0.05, 0.1) is 21.8 Å². The minimum Gasteiger partial charge on any atom is -0.309 e. The van der Waals surface area contributed by atoms with E-state index in [4.69, 9.17) is 23.2 Å². The number of benzene rings is 1. The normalized spacial score (nSPS) is 12.5. The van der Waals surface area contributed by atoms with E-state index in [0.29, 0.717) is 18.6 Å². The molecular weight excluding hydrogens is 404 g/mol. The van der Waals surface area contributed by atoms with Gasteiger partial charge in [-0.3, -0.25) is 4.79 Å². The Kier molecular flexibility index (Phi) is 6.39. The van der Waals surface area contributed by atoms with Crippen LogP contribution in [-0.2, 0) is 11.0 Å². The highest BCUT2D eigenvalue weighted by Crippen LogP contribution is 2.38. The van der Waals surface area contributed by atoms with E-state index in [0.717, 1.165) is 11.1 Å². The zero-order valence-corrected chi connectivity index (χ0v) is 15.9. The van der Waals surface area contributed by atoms with Gasteiger partial charge in [-0.15, -0.1) is 0 Å². The monoisotopic (exact) mass is 418 g/mol. The lowest BCUT2D eigenvalue weighted by Crippen LogP contribution is -2.22. The van der Waals surface area contributed by atoms with E-state index in [9.17, 15) is 23.2 Å². The number of alkyl halides is 3. The molecule has 0 saturated carbocycles. The number of aromatic nitrogens is 2. The molecule has 2 aromatic rings. The fourth-order valence-electron chi connectivity index (χ4n) is 2.46. The van der Waals surface area contributed by atoms with Gasteiger partial charge in [0, 0.05) is 5.92 Å². The summed E-state index contributed by atoms with van der Waals surface area (Å²) in [5.41, 5.74) is -1.05. The second kappa shape index (κ2) is 8.19. The Balaban J connectivity index is 2.54. The number of nitrogens with zero attached hydrogens (tertiary/aromatic N) is 3. The van der Waals surface area contributed by atoms with Crippen molar-refractivity contribution in [3.05, 3.63) is 39.5 Å². The summed E-state index contributed by atoms with van der Waals surface area (Å²) < 4.78 is 39.8. The predicted octanol–water partition coefficient (Wildman–Crippen LogP) is 5.44. The molecule has 1 atom stereocenters. The van der Waals surface area contributed by atoms with Crippen molar-refractivity contribution in [2.75, 3.05) is 5.32 Å². The van der Waals surface area contributed by atoms with Crippen molar-refractivity contribution < 1.29 is 18.0 Å². The average molecular weight is 419 g/mol. The Morgan fingerprint density at radius 2 is 1.96 bits per heavy atom. The zero-order chi connectivity index (χ0) is 20.4. The van der Waals surface area contributed by atoms with Crippen molar-refractivity contribution in [2.45, 2.75) is 32.9 Å². The van der Waals surface area contributed by atoms with Crippen LogP contribution in [0.2, 0.25) is 10.0 Å². The lowest BCUT2D eigenvalue weighted by Gasteiger charge is -2.16. The van der Waals surface area contributed by atoms with Gasteiger partial charge in [0.15, 0.2) is 5.82 Å². The summed E-state index contributed by atoms with van der Waals surface area (Å²) in [6, 6.07) is 3.29. The SMILES string of the molecule is CCCC(C)C(=O)Nc1c(C#N)cnn1-c1c(Cl)cc(C(F)(F)F)cc1Cl. The van der Waals surface area contributed by atoms with Gasteiger partial charge < -0.3 is 5.32 Å². The molecule has 144 valence electrons. The van der Waals surface area contributed by atoms with E-state index in [1.807, 2.05) is 13.0 Å². The third-order valence-corrected chi connectivity index (χ3v) is 4.43. The Hall–Kier alpha value is -2.24. The van der Waals surface area contributed by atoms with E-state index in [1.54, 1.807) is 6.92 Å². The second-order valence-corrected chi connectivity index (χ2v) is 6.71. The average Bonchev–Trinajstić information content (AvgIpc) is 2.96. The molecule has 1 N–H and O–H groups in total. The van der Waals surface area contributed by atoms with Crippen LogP contribution < -0.4 is 5.32 Å². The van der Waals surface area contributed by atoms with Crippen LogP contribution in [-0.4, -0.2) is 15.7 Å². The van der Waals surface area contributed by atoms with Crippen LogP contribution in [0.25, 0.3) is 5.69 Å². The maximum atomic E-state index is 12.9. The minimum atomic E-state index is -4.62. The van der Waals surface area contributed by atoms with Crippen LogP contribution >= 0.6 is 23.2 Å². The van der Waals surface area contributed by atoms with Crippen molar-refractivity contribution >= 4 is 34.9 Å². The summed E-state index contributed by atoms with van der Waals surface area (Å²) in [7, 11) is 0. The van der Waals surface area contributed by atoms with Gasteiger partial charge in [0.1, 0.15) is 17.3 Å². The smallest absolute Gasteiger partial charge is 0.309 e. The molecule has 0 aliphatic rings. The maximum Gasteiger partial charge on any atom is 0.416 e. The Bertz CT molecular complexity index is 880. The molecule has 1 heterocycles. The summed E-state index contributed by atoms with van der Waals surface area (Å²) in [5, 5.41) is 15.2. The lowest BCUT2D eigenvalue weighted by molar-refractivity contribution is -0.137. The first kappa shape index (κ1) is 21.1. The molecule has 0 saturated heterocycles. The summed E-state index contributed by atoms with van der Waals surface area (Å²) in [5.74, 6) is -0.688. The van der Waals surface area contributed by atoms with E-state index in [2.05, 4.69) is 10.4 Å². The topological polar surface area (TPSA) is 70.7 Å². The quantitative estimate of drug-likeness (QED) is 0.701. The number of nitriles is 1. The molecule has 0 spiro atoms. The van der Waals surface area contributed by atoms with Crippen LogP contribution in [0, 0.1) is 17.2 Å². The first-order chi connectivity index (χ1) is 12.6. The summed E-state index contributed by atoms with van der Waals surface area (Å²) in [6.45, 7) is 3.65. The van der Waals surface area contributed by atoms with Crippen molar-refractivity contribution in [2.24, 2.45) is 5.92 Å².